The lowest BCUT2D eigenvalue weighted by molar-refractivity contribution is -0.176. The van der Waals surface area contributed by atoms with Crippen LogP contribution in [0.3, 0.4) is 0 Å². The molecule has 0 heterocycles. The Hall–Kier alpha value is -3.65. The topological polar surface area (TPSA) is 80.9 Å². The molecule has 0 saturated heterocycles. The number of rotatable bonds is 6. The SMILES string of the molecule is CC.CCCC(CC)c1cc(C2CCCCC2)cc(C2CCCCC2)c1O.CO.Cc1ccc(F)cc1.Cc1ccc(F)cc1.Cc1ccc(F)cc1.OO. The lowest BCUT2D eigenvalue weighted by Crippen LogP contribution is -2.11. The number of halogens is 3. The summed E-state index contributed by atoms with van der Waals surface area (Å²) in [5.41, 5.74) is 7.38. The first kappa shape index (κ1) is 51.4. The van der Waals surface area contributed by atoms with Crippen LogP contribution in [0.25, 0.3) is 0 Å². The highest BCUT2D eigenvalue weighted by Crippen LogP contribution is 2.45. The Morgan fingerprint density at radius 2 is 0.909 bits per heavy atom. The summed E-state index contributed by atoms with van der Waals surface area (Å²) in [5, 5.41) is 30.2. The Bertz CT molecular complexity index is 1290. The van der Waals surface area contributed by atoms with Gasteiger partial charge in [0.05, 0.1) is 0 Å². The van der Waals surface area contributed by atoms with Crippen molar-refractivity contribution in [2.45, 2.75) is 150 Å². The number of hydrogen-bond acceptors (Lipinski definition) is 4. The lowest BCUT2D eigenvalue weighted by atomic mass is 9.77. The van der Waals surface area contributed by atoms with Crippen molar-refractivity contribution in [3.8, 4) is 5.75 Å². The number of aryl methyl sites for hydroxylation is 3. The van der Waals surface area contributed by atoms with E-state index >= 15 is 0 Å². The molecule has 0 aromatic heterocycles. The largest absolute Gasteiger partial charge is 0.507 e. The number of benzene rings is 4. The normalized spacial score (nSPS) is 14.1. The summed E-state index contributed by atoms with van der Waals surface area (Å²) in [5.74, 6) is 1.99. The summed E-state index contributed by atoms with van der Waals surface area (Å²) >= 11 is 0. The van der Waals surface area contributed by atoms with E-state index in [9.17, 15) is 18.3 Å². The minimum Gasteiger partial charge on any atom is -0.507 e. The molecule has 4 N–H and O–H groups in total. The van der Waals surface area contributed by atoms with Gasteiger partial charge in [-0.1, -0.05) is 138 Å². The molecule has 7 heteroatoms. The van der Waals surface area contributed by atoms with E-state index < -0.39 is 0 Å². The van der Waals surface area contributed by atoms with Crippen LogP contribution in [0.4, 0.5) is 13.2 Å². The van der Waals surface area contributed by atoms with Crippen LogP contribution in [-0.4, -0.2) is 27.8 Å². The average Bonchev–Trinajstić information content (AvgIpc) is 3.24. The predicted octanol–water partition coefficient (Wildman–Crippen LogP) is 14.8. The monoisotopic (exact) mass is 769 g/mol. The highest BCUT2D eigenvalue weighted by molar-refractivity contribution is 5.48. The van der Waals surface area contributed by atoms with E-state index in [2.05, 4.69) is 26.0 Å². The van der Waals surface area contributed by atoms with Gasteiger partial charge in [-0.3, -0.25) is 10.5 Å². The number of aromatic hydroxyl groups is 1. The van der Waals surface area contributed by atoms with Crippen LogP contribution < -0.4 is 0 Å². The molecule has 0 radical (unpaired) electrons. The van der Waals surface area contributed by atoms with Gasteiger partial charge in [-0.05, 0) is 130 Å². The zero-order valence-electron chi connectivity index (χ0n) is 34.9. The molecule has 4 nitrogen and oxygen atoms in total. The molecule has 6 rings (SSSR count). The maximum atomic E-state index is 12.1. The van der Waals surface area contributed by atoms with Crippen LogP contribution in [0.5, 0.6) is 5.75 Å². The van der Waals surface area contributed by atoms with E-state index in [4.69, 9.17) is 15.6 Å². The van der Waals surface area contributed by atoms with E-state index in [1.165, 1.54) is 125 Å². The van der Waals surface area contributed by atoms with Crippen molar-refractivity contribution >= 4 is 0 Å². The molecule has 0 amide bonds. The molecule has 55 heavy (non-hydrogen) atoms. The fourth-order valence-corrected chi connectivity index (χ4v) is 6.94. The van der Waals surface area contributed by atoms with Crippen LogP contribution >= 0.6 is 0 Å². The minimum atomic E-state index is -0.171. The Balaban J connectivity index is 0.000000792. The molecule has 4 aromatic carbocycles. The third-order valence-corrected chi connectivity index (χ3v) is 9.92. The van der Waals surface area contributed by atoms with Crippen LogP contribution in [-0.2, 0) is 0 Å². The lowest BCUT2D eigenvalue weighted by Gasteiger charge is -2.29. The maximum absolute atomic E-state index is 12.1. The molecule has 0 bridgehead atoms. The van der Waals surface area contributed by atoms with Crippen molar-refractivity contribution in [2.24, 2.45) is 0 Å². The van der Waals surface area contributed by atoms with E-state index in [0.717, 1.165) is 36.1 Å². The number of aliphatic hydroxyl groups is 1. The van der Waals surface area contributed by atoms with Crippen molar-refractivity contribution < 1.29 is 33.9 Å². The molecule has 2 aliphatic rings. The third-order valence-electron chi connectivity index (χ3n) is 9.92. The first-order valence-corrected chi connectivity index (χ1v) is 20.3. The van der Waals surface area contributed by atoms with Crippen LogP contribution in [0.1, 0.15) is 162 Å². The first-order chi connectivity index (χ1) is 26.6. The molecule has 308 valence electrons. The molecule has 0 aliphatic heterocycles. The van der Waals surface area contributed by atoms with Crippen LogP contribution in [0.15, 0.2) is 84.9 Å². The number of phenols is 1. The van der Waals surface area contributed by atoms with Gasteiger partial charge in [0, 0.05) is 7.11 Å². The molecule has 2 fully saturated rings. The van der Waals surface area contributed by atoms with Gasteiger partial charge in [-0.25, -0.2) is 13.2 Å². The Kier molecular flexibility index (Phi) is 29.4. The van der Waals surface area contributed by atoms with Crippen LogP contribution in [0.2, 0.25) is 0 Å². The van der Waals surface area contributed by atoms with Crippen molar-refractivity contribution in [3.63, 3.8) is 0 Å². The van der Waals surface area contributed by atoms with E-state index in [1.807, 2.05) is 34.6 Å². The van der Waals surface area contributed by atoms with Crippen molar-refractivity contribution in [3.05, 3.63) is 136 Å². The molecule has 2 saturated carbocycles. The molecule has 4 aromatic rings. The summed E-state index contributed by atoms with van der Waals surface area (Å²) in [6, 6.07) is 24.0. The van der Waals surface area contributed by atoms with Gasteiger partial charge in [0.2, 0.25) is 0 Å². The second kappa shape index (κ2) is 31.5. The van der Waals surface area contributed by atoms with Crippen molar-refractivity contribution in [2.75, 3.05) is 7.11 Å². The van der Waals surface area contributed by atoms with Crippen molar-refractivity contribution in [1.82, 2.24) is 0 Å². The van der Waals surface area contributed by atoms with Crippen molar-refractivity contribution in [1.29, 1.82) is 0 Å². The van der Waals surface area contributed by atoms with E-state index in [1.54, 1.807) is 42.0 Å². The molecule has 1 unspecified atom stereocenters. The summed E-state index contributed by atoms with van der Waals surface area (Å²) in [6.45, 7) is 14.3. The van der Waals surface area contributed by atoms with Gasteiger partial charge in [0.15, 0.2) is 0 Å². The van der Waals surface area contributed by atoms with Crippen LogP contribution in [0, 0.1) is 38.2 Å². The summed E-state index contributed by atoms with van der Waals surface area (Å²) in [4.78, 5) is 0. The number of phenolic OH excluding ortho intramolecular Hbond substituents is 1. The predicted molar refractivity (Wildman–Crippen MR) is 226 cm³/mol. The van der Waals surface area contributed by atoms with E-state index in [-0.39, 0.29) is 17.5 Å². The van der Waals surface area contributed by atoms with Gasteiger partial charge in [-0.2, -0.15) is 0 Å². The van der Waals surface area contributed by atoms with Gasteiger partial charge in [0.1, 0.15) is 23.2 Å². The number of aliphatic hydroxyl groups excluding tert-OH is 1. The Morgan fingerprint density at radius 3 is 1.22 bits per heavy atom. The summed E-state index contributed by atoms with van der Waals surface area (Å²) in [7, 11) is 1.00. The highest BCUT2D eigenvalue weighted by atomic mass is 19.1. The van der Waals surface area contributed by atoms with Gasteiger partial charge in [-0.15, -0.1) is 0 Å². The second-order valence-corrected chi connectivity index (χ2v) is 14.0. The number of hydrogen-bond donors (Lipinski definition) is 4. The third kappa shape index (κ3) is 20.7. The zero-order valence-corrected chi connectivity index (χ0v) is 34.9. The zero-order chi connectivity index (χ0) is 41.6. The molecule has 1 atom stereocenters. The Labute approximate surface area is 331 Å². The van der Waals surface area contributed by atoms with Gasteiger partial charge < -0.3 is 10.2 Å². The molecular weight excluding hydrogens is 698 g/mol. The fraction of sp³-hybridized carbons (Fsp3) is 0.500. The highest BCUT2D eigenvalue weighted by Gasteiger charge is 2.26. The van der Waals surface area contributed by atoms with Gasteiger partial charge >= 0.3 is 0 Å². The minimum absolute atomic E-state index is 0.171. The Morgan fingerprint density at radius 1 is 0.564 bits per heavy atom. The molecule has 0 spiro atoms. The fourth-order valence-electron chi connectivity index (χ4n) is 6.94. The molecular formula is C48H71F3O4. The smallest absolute Gasteiger partial charge is 0.123 e. The van der Waals surface area contributed by atoms with E-state index in [0.29, 0.717) is 17.6 Å². The standard InChI is InChI=1S/C24H38O.3C7H7F.C2H6.CH4O.H2O2/c1-3-11-18(4-2)22-16-21(19-12-7-5-8-13-19)17-23(24(22)25)20-14-9-6-10-15-20;3*1-6-2-4-7(8)5-3-6;3*1-2/h16-20,25H,3-15H2,1-2H3;3*2-5H,1H3;1-2H3;2H,1H3;1-2H. The second-order valence-electron chi connectivity index (χ2n) is 14.0. The quantitative estimate of drug-likeness (QED) is 0.116. The average molecular weight is 769 g/mol. The maximum Gasteiger partial charge on any atom is 0.123 e. The molecule has 2 aliphatic carbocycles. The van der Waals surface area contributed by atoms with Gasteiger partial charge in [0.25, 0.3) is 0 Å². The summed E-state index contributed by atoms with van der Waals surface area (Å²) < 4.78 is 36.3. The summed E-state index contributed by atoms with van der Waals surface area (Å²) in [6.07, 6.45) is 17.0. The first-order valence-electron chi connectivity index (χ1n) is 20.3.